The van der Waals surface area contributed by atoms with Gasteiger partial charge in [0.2, 0.25) is 0 Å². The zero-order valence-corrected chi connectivity index (χ0v) is 13.6. The average molecular weight is 312 g/mol. The molecule has 118 valence electrons. The Morgan fingerprint density at radius 3 is 2.67 bits per heavy atom. The molecule has 1 saturated carbocycles. The molecular formula is C17H26ClNO2. The number of aliphatic hydroxyl groups is 1. The van der Waals surface area contributed by atoms with Crippen LogP contribution in [0.5, 0.6) is 5.75 Å². The summed E-state index contributed by atoms with van der Waals surface area (Å²) >= 11 is 5.90. The molecule has 2 rings (SSSR count). The van der Waals surface area contributed by atoms with Crippen LogP contribution in [0.2, 0.25) is 5.02 Å². The number of hydrogen-bond donors (Lipinski definition) is 2. The summed E-state index contributed by atoms with van der Waals surface area (Å²) in [5.41, 5.74) is 0. The van der Waals surface area contributed by atoms with Crippen LogP contribution in [0.15, 0.2) is 24.3 Å². The van der Waals surface area contributed by atoms with Gasteiger partial charge < -0.3 is 15.2 Å². The predicted octanol–water partition coefficient (Wildman–Crippen LogP) is 3.49. The first-order valence-electron chi connectivity index (χ1n) is 7.82. The van der Waals surface area contributed by atoms with E-state index in [0.717, 1.165) is 11.8 Å². The second-order valence-corrected chi connectivity index (χ2v) is 6.88. The molecule has 2 N–H and O–H groups in total. The van der Waals surface area contributed by atoms with E-state index < -0.39 is 6.10 Å². The van der Waals surface area contributed by atoms with E-state index in [1.165, 1.54) is 19.3 Å². The summed E-state index contributed by atoms with van der Waals surface area (Å²) in [5, 5.41) is 14.1. The van der Waals surface area contributed by atoms with E-state index in [9.17, 15) is 5.11 Å². The topological polar surface area (TPSA) is 41.5 Å². The Morgan fingerprint density at radius 2 is 2.00 bits per heavy atom. The molecule has 0 heterocycles. The predicted molar refractivity (Wildman–Crippen MR) is 86.9 cm³/mol. The van der Waals surface area contributed by atoms with Crippen LogP contribution in [0, 0.1) is 11.8 Å². The van der Waals surface area contributed by atoms with Gasteiger partial charge >= 0.3 is 0 Å². The maximum atomic E-state index is 10.0. The molecular weight excluding hydrogens is 286 g/mol. The third-order valence-corrected chi connectivity index (χ3v) is 4.29. The lowest BCUT2D eigenvalue weighted by Crippen LogP contribution is -2.41. The average Bonchev–Trinajstić information content (AvgIpc) is 2.42. The van der Waals surface area contributed by atoms with E-state index in [-0.39, 0.29) is 6.61 Å². The van der Waals surface area contributed by atoms with Gasteiger partial charge in [0.25, 0.3) is 0 Å². The number of rotatable bonds is 6. The van der Waals surface area contributed by atoms with Gasteiger partial charge in [-0.1, -0.05) is 31.5 Å². The van der Waals surface area contributed by atoms with Gasteiger partial charge in [0.15, 0.2) is 0 Å². The van der Waals surface area contributed by atoms with Crippen LogP contribution >= 0.6 is 11.6 Å². The van der Waals surface area contributed by atoms with Gasteiger partial charge in [-0.25, -0.2) is 0 Å². The second kappa shape index (κ2) is 8.02. The molecule has 4 heteroatoms. The van der Waals surface area contributed by atoms with E-state index in [2.05, 4.69) is 19.2 Å². The van der Waals surface area contributed by atoms with E-state index in [1.54, 1.807) is 12.1 Å². The van der Waals surface area contributed by atoms with Crippen molar-refractivity contribution in [1.82, 2.24) is 5.32 Å². The third kappa shape index (κ3) is 5.85. The SMILES string of the molecule is CC1CC(C)CC(NCC(O)COc2cccc(Cl)c2)C1. The van der Waals surface area contributed by atoms with Gasteiger partial charge in [-0.3, -0.25) is 0 Å². The quantitative estimate of drug-likeness (QED) is 0.845. The summed E-state index contributed by atoms with van der Waals surface area (Å²) in [5.74, 6) is 2.23. The van der Waals surface area contributed by atoms with Gasteiger partial charge in [0.1, 0.15) is 18.5 Å². The number of halogens is 1. The van der Waals surface area contributed by atoms with Crippen molar-refractivity contribution in [1.29, 1.82) is 0 Å². The first kappa shape index (κ1) is 16.6. The molecule has 0 spiro atoms. The molecule has 21 heavy (non-hydrogen) atoms. The van der Waals surface area contributed by atoms with Crippen molar-refractivity contribution in [2.24, 2.45) is 11.8 Å². The highest BCUT2D eigenvalue weighted by atomic mass is 35.5. The molecule has 3 nitrogen and oxygen atoms in total. The van der Waals surface area contributed by atoms with E-state index in [1.807, 2.05) is 12.1 Å². The maximum absolute atomic E-state index is 10.0. The lowest BCUT2D eigenvalue weighted by molar-refractivity contribution is 0.0983. The van der Waals surface area contributed by atoms with Crippen LogP contribution in [0.25, 0.3) is 0 Å². The van der Waals surface area contributed by atoms with Crippen molar-refractivity contribution in [2.45, 2.75) is 45.3 Å². The highest BCUT2D eigenvalue weighted by Crippen LogP contribution is 2.28. The van der Waals surface area contributed by atoms with Crippen LogP contribution in [-0.2, 0) is 0 Å². The third-order valence-electron chi connectivity index (χ3n) is 4.06. The van der Waals surface area contributed by atoms with Crippen LogP contribution in [0.4, 0.5) is 0 Å². The molecule has 0 bridgehead atoms. The first-order chi connectivity index (χ1) is 10.0. The van der Waals surface area contributed by atoms with Crippen molar-refractivity contribution in [3.8, 4) is 5.75 Å². The van der Waals surface area contributed by atoms with Crippen molar-refractivity contribution >= 4 is 11.6 Å². The highest BCUT2D eigenvalue weighted by molar-refractivity contribution is 6.30. The van der Waals surface area contributed by atoms with Gasteiger partial charge in [0.05, 0.1) is 0 Å². The normalized spacial score (nSPS) is 27.3. The first-order valence-corrected chi connectivity index (χ1v) is 8.20. The minimum atomic E-state index is -0.503. The van der Waals surface area contributed by atoms with E-state index in [4.69, 9.17) is 16.3 Å². The summed E-state index contributed by atoms with van der Waals surface area (Å²) < 4.78 is 5.56. The Kier molecular flexibility index (Phi) is 6.34. The van der Waals surface area contributed by atoms with Crippen LogP contribution in [-0.4, -0.2) is 30.4 Å². The molecule has 1 aromatic rings. The summed E-state index contributed by atoms with van der Waals surface area (Å²) in [6.45, 7) is 5.47. The zero-order valence-electron chi connectivity index (χ0n) is 12.9. The molecule has 0 amide bonds. The van der Waals surface area contributed by atoms with Gasteiger partial charge in [0, 0.05) is 17.6 Å². The molecule has 1 fully saturated rings. The van der Waals surface area contributed by atoms with E-state index in [0.29, 0.717) is 23.4 Å². The summed E-state index contributed by atoms with van der Waals surface area (Å²) in [4.78, 5) is 0. The molecule has 0 aliphatic heterocycles. The second-order valence-electron chi connectivity index (χ2n) is 6.44. The van der Waals surface area contributed by atoms with Crippen molar-refractivity contribution < 1.29 is 9.84 Å². The Hall–Kier alpha value is -0.770. The number of hydrogen-bond acceptors (Lipinski definition) is 3. The molecule has 1 aliphatic rings. The molecule has 3 unspecified atom stereocenters. The molecule has 0 radical (unpaired) electrons. The van der Waals surface area contributed by atoms with Crippen molar-refractivity contribution in [3.63, 3.8) is 0 Å². The van der Waals surface area contributed by atoms with Crippen LogP contribution in [0.3, 0.4) is 0 Å². The number of ether oxygens (including phenoxy) is 1. The summed E-state index contributed by atoms with van der Waals surface area (Å²) in [7, 11) is 0. The van der Waals surface area contributed by atoms with Crippen molar-refractivity contribution in [2.75, 3.05) is 13.2 Å². The largest absolute Gasteiger partial charge is 0.491 e. The Morgan fingerprint density at radius 1 is 1.29 bits per heavy atom. The van der Waals surface area contributed by atoms with Gasteiger partial charge in [-0.05, 0) is 49.3 Å². The molecule has 1 aliphatic carbocycles. The highest BCUT2D eigenvalue weighted by Gasteiger charge is 2.23. The number of benzene rings is 1. The number of aliphatic hydroxyl groups excluding tert-OH is 1. The van der Waals surface area contributed by atoms with Gasteiger partial charge in [-0.2, -0.15) is 0 Å². The Balaban J connectivity index is 1.68. The van der Waals surface area contributed by atoms with Gasteiger partial charge in [-0.15, -0.1) is 0 Å². The summed E-state index contributed by atoms with van der Waals surface area (Å²) in [6.07, 6.45) is 3.22. The Labute approximate surface area is 132 Å². The number of nitrogens with one attached hydrogen (secondary N) is 1. The minimum Gasteiger partial charge on any atom is -0.491 e. The zero-order chi connectivity index (χ0) is 15.2. The van der Waals surface area contributed by atoms with Crippen molar-refractivity contribution in [3.05, 3.63) is 29.3 Å². The lowest BCUT2D eigenvalue weighted by Gasteiger charge is -2.32. The molecule has 0 saturated heterocycles. The monoisotopic (exact) mass is 311 g/mol. The maximum Gasteiger partial charge on any atom is 0.120 e. The summed E-state index contributed by atoms with van der Waals surface area (Å²) in [6, 6.07) is 7.76. The van der Waals surface area contributed by atoms with E-state index >= 15 is 0 Å². The standard InChI is InChI=1S/C17H26ClNO2/c1-12-6-13(2)8-15(7-12)19-10-16(20)11-21-17-5-3-4-14(18)9-17/h3-5,9,12-13,15-16,19-20H,6-8,10-11H2,1-2H3. The van der Waals surface area contributed by atoms with Crippen LogP contribution in [0.1, 0.15) is 33.1 Å². The fourth-order valence-corrected chi connectivity index (χ4v) is 3.40. The van der Waals surface area contributed by atoms with Crippen LogP contribution < -0.4 is 10.1 Å². The molecule has 1 aromatic carbocycles. The minimum absolute atomic E-state index is 0.283. The fourth-order valence-electron chi connectivity index (χ4n) is 3.22. The fraction of sp³-hybridized carbons (Fsp3) is 0.647. The molecule has 3 atom stereocenters. The lowest BCUT2D eigenvalue weighted by atomic mass is 9.80. The Bertz CT molecular complexity index is 431. The smallest absolute Gasteiger partial charge is 0.120 e. The molecule has 0 aromatic heterocycles.